The van der Waals surface area contributed by atoms with Crippen LogP contribution in [-0.4, -0.2) is 11.5 Å². The lowest BCUT2D eigenvalue weighted by atomic mass is 9.98. The van der Waals surface area contributed by atoms with Crippen molar-refractivity contribution < 1.29 is 0 Å². The molecular weight excluding hydrogens is 234 g/mol. The predicted molar refractivity (Wildman–Crippen MR) is 77.2 cm³/mol. The molecule has 3 rings (SSSR count). The highest BCUT2D eigenvalue weighted by Gasteiger charge is 2.18. The van der Waals surface area contributed by atoms with E-state index >= 15 is 0 Å². The Kier molecular flexibility index (Phi) is 2.79. The van der Waals surface area contributed by atoms with Gasteiger partial charge in [0.15, 0.2) is 0 Å². The van der Waals surface area contributed by atoms with E-state index in [2.05, 4.69) is 30.2 Å². The molecule has 2 heterocycles. The third-order valence-electron chi connectivity index (χ3n) is 3.91. The van der Waals surface area contributed by atoms with Gasteiger partial charge in [-0.25, -0.2) is 0 Å². The molecule has 0 fully saturated rings. The summed E-state index contributed by atoms with van der Waals surface area (Å²) in [5.74, 6) is 1.17. The fourth-order valence-corrected chi connectivity index (χ4v) is 2.86. The monoisotopic (exact) mass is 251 g/mol. The fraction of sp³-hybridized carbons (Fsp3) is 0.312. The van der Waals surface area contributed by atoms with E-state index in [0.29, 0.717) is 5.56 Å². The number of aromatic amines is 1. The minimum absolute atomic E-state index is 0.716. The van der Waals surface area contributed by atoms with E-state index in [-0.39, 0.29) is 0 Å². The molecular formula is C16H17N3. The van der Waals surface area contributed by atoms with E-state index in [1.165, 1.54) is 34.6 Å². The maximum absolute atomic E-state index is 8.94. The van der Waals surface area contributed by atoms with Gasteiger partial charge in [0.25, 0.3) is 0 Å². The third kappa shape index (κ3) is 1.90. The standard InChI is InChI=1S/C16H17N3/c1-10-8-12(9-17)5-6-13(10)15-11(2)14-4-3-7-18-16(14)19-15/h5-6,8,18-19H,3-4,7H2,1-2H3. The Bertz CT molecular complexity index is 674. The van der Waals surface area contributed by atoms with Crippen molar-refractivity contribution in [2.24, 2.45) is 0 Å². The number of hydrogen-bond donors (Lipinski definition) is 2. The van der Waals surface area contributed by atoms with Crippen LogP contribution in [0.1, 0.15) is 28.7 Å². The van der Waals surface area contributed by atoms with E-state index in [4.69, 9.17) is 5.26 Å². The second-order valence-electron chi connectivity index (χ2n) is 5.15. The zero-order valence-corrected chi connectivity index (χ0v) is 11.3. The molecule has 0 saturated heterocycles. The summed E-state index contributed by atoms with van der Waals surface area (Å²) in [6, 6.07) is 8.06. The Morgan fingerprint density at radius 3 is 2.79 bits per heavy atom. The van der Waals surface area contributed by atoms with Crippen molar-refractivity contribution in [2.75, 3.05) is 11.9 Å². The highest BCUT2D eigenvalue weighted by Crippen LogP contribution is 2.34. The molecule has 3 heteroatoms. The number of rotatable bonds is 1. The summed E-state index contributed by atoms with van der Waals surface area (Å²) in [4.78, 5) is 3.50. The van der Waals surface area contributed by atoms with Crippen molar-refractivity contribution in [3.63, 3.8) is 0 Å². The Labute approximate surface area is 113 Å². The Morgan fingerprint density at radius 1 is 1.26 bits per heavy atom. The number of anilines is 1. The molecule has 3 nitrogen and oxygen atoms in total. The van der Waals surface area contributed by atoms with Gasteiger partial charge in [-0.05, 0) is 55.5 Å². The van der Waals surface area contributed by atoms with E-state index in [1.807, 2.05) is 18.2 Å². The van der Waals surface area contributed by atoms with Gasteiger partial charge >= 0.3 is 0 Å². The summed E-state index contributed by atoms with van der Waals surface area (Å²) >= 11 is 0. The van der Waals surface area contributed by atoms with Crippen LogP contribution in [0.3, 0.4) is 0 Å². The van der Waals surface area contributed by atoms with Crippen LogP contribution >= 0.6 is 0 Å². The number of nitrogens with one attached hydrogen (secondary N) is 2. The first-order valence-electron chi connectivity index (χ1n) is 6.67. The summed E-state index contributed by atoms with van der Waals surface area (Å²) < 4.78 is 0. The average molecular weight is 251 g/mol. The maximum Gasteiger partial charge on any atom is 0.107 e. The number of fused-ring (bicyclic) bond motifs is 1. The second kappa shape index (κ2) is 4.47. The van der Waals surface area contributed by atoms with Crippen LogP contribution in [0.4, 0.5) is 5.82 Å². The normalized spacial score (nSPS) is 13.5. The van der Waals surface area contributed by atoms with E-state index in [9.17, 15) is 0 Å². The highest BCUT2D eigenvalue weighted by molar-refractivity contribution is 5.74. The Hall–Kier alpha value is -2.21. The molecule has 1 aromatic carbocycles. The van der Waals surface area contributed by atoms with Crippen LogP contribution in [0.25, 0.3) is 11.3 Å². The lowest BCUT2D eigenvalue weighted by Crippen LogP contribution is -2.10. The van der Waals surface area contributed by atoms with Crippen LogP contribution < -0.4 is 5.32 Å². The minimum atomic E-state index is 0.716. The molecule has 0 amide bonds. The van der Waals surface area contributed by atoms with Gasteiger partial charge < -0.3 is 10.3 Å². The molecule has 2 aromatic rings. The lowest BCUT2D eigenvalue weighted by molar-refractivity contribution is 0.824. The van der Waals surface area contributed by atoms with Gasteiger partial charge in [0.05, 0.1) is 17.3 Å². The van der Waals surface area contributed by atoms with Gasteiger partial charge in [-0.3, -0.25) is 0 Å². The summed E-state index contributed by atoms with van der Waals surface area (Å²) in [6.45, 7) is 5.27. The highest BCUT2D eigenvalue weighted by atomic mass is 15.0. The molecule has 0 saturated carbocycles. The molecule has 0 radical (unpaired) electrons. The Morgan fingerprint density at radius 2 is 2.11 bits per heavy atom. The van der Waals surface area contributed by atoms with Crippen molar-refractivity contribution >= 4 is 5.82 Å². The van der Waals surface area contributed by atoms with E-state index in [0.717, 1.165) is 18.5 Å². The van der Waals surface area contributed by atoms with Crippen LogP contribution in [0.15, 0.2) is 18.2 Å². The van der Waals surface area contributed by atoms with E-state index in [1.54, 1.807) is 0 Å². The van der Waals surface area contributed by atoms with Crippen LogP contribution in [0.2, 0.25) is 0 Å². The summed E-state index contributed by atoms with van der Waals surface area (Å²) in [5, 5.41) is 12.4. The number of aryl methyl sites for hydroxylation is 1. The minimum Gasteiger partial charge on any atom is -0.371 e. The first kappa shape index (κ1) is 11.9. The maximum atomic E-state index is 8.94. The van der Waals surface area contributed by atoms with Crippen LogP contribution in [-0.2, 0) is 6.42 Å². The molecule has 0 atom stereocenters. The zero-order valence-electron chi connectivity index (χ0n) is 11.3. The lowest BCUT2D eigenvalue weighted by Gasteiger charge is -2.13. The van der Waals surface area contributed by atoms with Gasteiger partial charge in [-0.15, -0.1) is 0 Å². The number of nitriles is 1. The van der Waals surface area contributed by atoms with Crippen LogP contribution in [0.5, 0.6) is 0 Å². The smallest absolute Gasteiger partial charge is 0.107 e. The molecule has 0 unspecified atom stereocenters. The molecule has 0 aliphatic carbocycles. The van der Waals surface area contributed by atoms with Crippen LogP contribution in [0, 0.1) is 25.2 Å². The van der Waals surface area contributed by atoms with Crippen molar-refractivity contribution in [1.29, 1.82) is 5.26 Å². The van der Waals surface area contributed by atoms with Crippen molar-refractivity contribution in [3.05, 3.63) is 40.5 Å². The molecule has 2 N–H and O–H groups in total. The number of hydrogen-bond acceptors (Lipinski definition) is 2. The number of nitrogens with zero attached hydrogens (tertiary/aromatic N) is 1. The first-order chi connectivity index (χ1) is 9.20. The average Bonchev–Trinajstić information content (AvgIpc) is 2.76. The molecule has 1 aromatic heterocycles. The largest absolute Gasteiger partial charge is 0.371 e. The summed E-state index contributed by atoms with van der Waals surface area (Å²) in [6.07, 6.45) is 2.33. The molecule has 0 spiro atoms. The molecule has 1 aliphatic heterocycles. The van der Waals surface area contributed by atoms with Gasteiger partial charge in [-0.1, -0.05) is 6.07 Å². The zero-order chi connectivity index (χ0) is 13.4. The van der Waals surface area contributed by atoms with Crippen molar-refractivity contribution in [1.82, 2.24) is 4.98 Å². The number of aromatic nitrogens is 1. The van der Waals surface area contributed by atoms with Crippen molar-refractivity contribution in [3.8, 4) is 17.3 Å². The SMILES string of the molecule is Cc1cc(C#N)ccc1-c1[nH]c2c(c1C)CCCN2. The van der Waals surface area contributed by atoms with Gasteiger partial charge in [0.1, 0.15) is 5.82 Å². The third-order valence-corrected chi connectivity index (χ3v) is 3.91. The second-order valence-corrected chi connectivity index (χ2v) is 5.15. The fourth-order valence-electron chi connectivity index (χ4n) is 2.86. The summed E-state index contributed by atoms with van der Waals surface area (Å²) in [5.41, 5.74) is 6.96. The van der Waals surface area contributed by atoms with Gasteiger partial charge in [-0.2, -0.15) is 5.26 Å². The van der Waals surface area contributed by atoms with E-state index < -0.39 is 0 Å². The van der Waals surface area contributed by atoms with Gasteiger partial charge in [0, 0.05) is 12.1 Å². The quantitative estimate of drug-likeness (QED) is 0.814. The number of H-pyrrole nitrogens is 1. The predicted octanol–water partition coefficient (Wildman–Crippen LogP) is 3.53. The first-order valence-corrected chi connectivity index (χ1v) is 6.67. The summed E-state index contributed by atoms with van der Waals surface area (Å²) in [7, 11) is 0. The van der Waals surface area contributed by atoms with Crippen molar-refractivity contribution in [2.45, 2.75) is 26.7 Å². The molecule has 1 aliphatic rings. The molecule has 96 valence electrons. The Balaban J connectivity index is 2.12. The molecule has 0 bridgehead atoms. The molecule has 19 heavy (non-hydrogen) atoms. The topological polar surface area (TPSA) is 51.6 Å². The van der Waals surface area contributed by atoms with Gasteiger partial charge in [0.2, 0.25) is 0 Å². The number of benzene rings is 1.